The summed E-state index contributed by atoms with van der Waals surface area (Å²) in [6, 6.07) is 18.1. The molecule has 4 aromatic rings. The smallest absolute Gasteiger partial charge is 0.341 e. The van der Waals surface area contributed by atoms with Gasteiger partial charge in [-0.15, -0.1) is 11.3 Å². The largest absolute Gasteiger partial charge is 0.462 e. The first-order valence-electron chi connectivity index (χ1n) is 12.6. The molecule has 0 saturated carbocycles. The van der Waals surface area contributed by atoms with E-state index < -0.39 is 11.9 Å². The molecule has 38 heavy (non-hydrogen) atoms. The van der Waals surface area contributed by atoms with Crippen molar-refractivity contribution in [2.24, 2.45) is 0 Å². The second kappa shape index (κ2) is 11.4. The predicted octanol–water partition coefficient (Wildman–Crippen LogP) is 7.11. The molecule has 5 rings (SSSR count). The molecule has 0 atom stereocenters. The topological polar surface area (TPSA) is 84.1 Å². The lowest BCUT2D eigenvalue weighted by atomic mass is 9.95. The highest BCUT2D eigenvalue weighted by Crippen LogP contribution is 2.39. The highest BCUT2D eigenvalue weighted by Gasteiger charge is 2.28. The standard InChI is InChI=1S/C30H26BrN3O3S/c1-2-37-30(36)27-24-8-4-6-10-26(24)38-29(27)33-28(35)20(16-32)15-21-18-34(25-9-5-3-7-23(21)25)17-19-11-13-22(31)14-12-19/h3,5,7,9,11-15,18H,2,4,6,8,10,17H2,1H3,(H,33,35)/b20-15+. The minimum absolute atomic E-state index is 0.0299. The molecule has 0 unspecified atom stereocenters. The fourth-order valence-corrected chi connectivity index (χ4v) is 6.39. The lowest BCUT2D eigenvalue weighted by Crippen LogP contribution is -2.16. The number of nitriles is 1. The number of nitrogens with zero attached hydrogens (tertiary/aromatic N) is 2. The fraction of sp³-hybridized carbons (Fsp3) is 0.233. The van der Waals surface area contributed by atoms with Gasteiger partial charge in [-0.05, 0) is 68.0 Å². The van der Waals surface area contributed by atoms with Crippen LogP contribution in [0, 0.1) is 11.3 Å². The predicted molar refractivity (Wildman–Crippen MR) is 154 cm³/mol. The van der Waals surface area contributed by atoms with Crippen LogP contribution in [0.2, 0.25) is 0 Å². The molecule has 8 heteroatoms. The third-order valence-electron chi connectivity index (χ3n) is 6.63. The number of carbonyl (C=O) groups is 2. The van der Waals surface area contributed by atoms with Gasteiger partial charge in [0.25, 0.3) is 5.91 Å². The molecule has 2 aromatic heterocycles. The zero-order chi connectivity index (χ0) is 26.6. The van der Waals surface area contributed by atoms with Gasteiger partial charge < -0.3 is 14.6 Å². The summed E-state index contributed by atoms with van der Waals surface area (Å²) >= 11 is 4.89. The average Bonchev–Trinajstić information content (AvgIpc) is 3.46. The van der Waals surface area contributed by atoms with Gasteiger partial charge in [0, 0.05) is 38.6 Å². The summed E-state index contributed by atoms with van der Waals surface area (Å²) in [7, 11) is 0. The molecule has 0 radical (unpaired) electrons. The number of esters is 1. The van der Waals surface area contributed by atoms with Gasteiger partial charge in [0.15, 0.2) is 0 Å². The molecule has 0 saturated heterocycles. The van der Waals surface area contributed by atoms with Gasteiger partial charge in [-0.2, -0.15) is 5.26 Å². The van der Waals surface area contributed by atoms with Crippen molar-refractivity contribution in [3.05, 3.63) is 91.9 Å². The fourth-order valence-electron chi connectivity index (χ4n) is 4.86. The monoisotopic (exact) mass is 587 g/mol. The van der Waals surface area contributed by atoms with Crippen LogP contribution in [-0.4, -0.2) is 23.1 Å². The Morgan fingerprint density at radius 3 is 2.68 bits per heavy atom. The Morgan fingerprint density at radius 1 is 1.16 bits per heavy atom. The van der Waals surface area contributed by atoms with E-state index in [1.807, 2.05) is 42.6 Å². The molecule has 0 bridgehead atoms. The molecule has 1 amide bonds. The van der Waals surface area contributed by atoms with Crippen LogP contribution in [0.25, 0.3) is 17.0 Å². The maximum atomic E-state index is 13.3. The number of thiophene rings is 1. The number of ether oxygens (including phenoxy) is 1. The Labute approximate surface area is 233 Å². The van der Waals surface area contributed by atoms with E-state index in [0.29, 0.717) is 17.1 Å². The highest BCUT2D eigenvalue weighted by molar-refractivity contribution is 9.10. The second-order valence-electron chi connectivity index (χ2n) is 9.12. The minimum Gasteiger partial charge on any atom is -0.462 e. The molecule has 2 heterocycles. The highest BCUT2D eigenvalue weighted by atomic mass is 79.9. The van der Waals surface area contributed by atoms with Gasteiger partial charge in [-0.1, -0.05) is 46.3 Å². The molecule has 1 aliphatic rings. The van der Waals surface area contributed by atoms with Crippen molar-refractivity contribution in [2.45, 2.75) is 39.2 Å². The number of amides is 1. The normalized spacial score (nSPS) is 13.1. The number of rotatable bonds is 7. The van der Waals surface area contributed by atoms with E-state index in [-0.39, 0.29) is 12.2 Å². The molecule has 192 valence electrons. The number of aryl methyl sites for hydroxylation is 1. The van der Waals surface area contributed by atoms with Crippen LogP contribution < -0.4 is 5.32 Å². The van der Waals surface area contributed by atoms with Crippen LogP contribution in [0.3, 0.4) is 0 Å². The number of fused-ring (bicyclic) bond motifs is 2. The molecule has 1 aliphatic carbocycles. The van der Waals surface area contributed by atoms with Crippen molar-refractivity contribution in [2.75, 3.05) is 11.9 Å². The third kappa shape index (κ3) is 5.31. The van der Waals surface area contributed by atoms with E-state index >= 15 is 0 Å². The van der Waals surface area contributed by atoms with Crippen LogP contribution in [0.15, 0.2) is 64.8 Å². The summed E-state index contributed by atoms with van der Waals surface area (Å²) in [6.45, 7) is 2.67. The van der Waals surface area contributed by atoms with Crippen LogP contribution in [0.1, 0.15) is 51.7 Å². The van der Waals surface area contributed by atoms with E-state index in [4.69, 9.17) is 4.74 Å². The summed E-state index contributed by atoms with van der Waals surface area (Å²) in [5.74, 6) is -0.970. The summed E-state index contributed by atoms with van der Waals surface area (Å²) in [5, 5.41) is 14.2. The number of hydrogen-bond acceptors (Lipinski definition) is 5. The number of nitrogens with one attached hydrogen (secondary N) is 1. The number of anilines is 1. The summed E-state index contributed by atoms with van der Waals surface area (Å²) in [4.78, 5) is 27.2. The maximum absolute atomic E-state index is 13.3. The molecule has 1 N–H and O–H groups in total. The van der Waals surface area contributed by atoms with Crippen LogP contribution in [0.4, 0.5) is 5.00 Å². The Morgan fingerprint density at radius 2 is 1.92 bits per heavy atom. The van der Waals surface area contributed by atoms with Crippen molar-refractivity contribution < 1.29 is 14.3 Å². The first kappa shape index (κ1) is 26.0. The van der Waals surface area contributed by atoms with Crippen LogP contribution in [-0.2, 0) is 28.9 Å². The van der Waals surface area contributed by atoms with Gasteiger partial charge in [0.2, 0.25) is 0 Å². The molecule has 2 aromatic carbocycles. The molecule has 6 nitrogen and oxygen atoms in total. The SMILES string of the molecule is CCOC(=O)c1c(NC(=O)/C(C#N)=C/c2cn(Cc3ccc(Br)cc3)c3ccccc23)sc2c1CCCC2. The Balaban J connectivity index is 1.47. The summed E-state index contributed by atoms with van der Waals surface area (Å²) < 4.78 is 8.43. The second-order valence-corrected chi connectivity index (χ2v) is 11.1. The van der Waals surface area contributed by atoms with Gasteiger partial charge in [0.05, 0.1) is 12.2 Å². The van der Waals surface area contributed by atoms with E-state index in [1.54, 1.807) is 13.0 Å². The number of para-hydroxylation sites is 1. The molecule has 0 fully saturated rings. The number of hydrogen-bond donors (Lipinski definition) is 1. The quantitative estimate of drug-likeness (QED) is 0.142. The van der Waals surface area contributed by atoms with Crippen LogP contribution in [0.5, 0.6) is 0 Å². The van der Waals surface area contributed by atoms with E-state index in [0.717, 1.165) is 62.6 Å². The van der Waals surface area contributed by atoms with Gasteiger partial charge in [0.1, 0.15) is 16.6 Å². The van der Waals surface area contributed by atoms with Crippen molar-refractivity contribution >= 4 is 61.1 Å². The first-order valence-corrected chi connectivity index (χ1v) is 14.2. The molecule has 0 aliphatic heterocycles. The van der Waals surface area contributed by atoms with E-state index in [2.05, 4.69) is 44.0 Å². The van der Waals surface area contributed by atoms with Crippen molar-refractivity contribution in [3.63, 3.8) is 0 Å². The Bertz CT molecular complexity index is 1590. The molecular formula is C30H26BrN3O3S. The number of benzene rings is 2. The molecule has 0 spiro atoms. The van der Waals surface area contributed by atoms with Gasteiger partial charge >= 0.3 is 5.97 Å². The van der Waals surface area contributed by atoms with Gasteiger partial charge in [-0.3, -0.25) is 4.79 Å². The third-order valence-corrected chi connectivity index (χ3v) is 8.36. The summed E-state index contributed by atoms with van der Waals surface area (Å²) in [5.41, 5.74) is 4.29. The average molecular weight is 589 g/mol. The summed E-state index contributed by atoms with van der Waals surface area (Å²) in [6.07, 6.45) is 7.29. The Kier molecular flexibility index (Phi) is 7.77. The van der Waals surface area contributed by atoms with Crippen molar-refractivity contribution in [3.8, 4) is 6.07 Å². The number of aromatic nitrogens is 1. The zero-order valence-corrected chi connectivity index (χ0v) is 23.3. The zero-order valence-electron chi connectivity index (χ0n) is 20.9. The maximum Gasteiger partial charge on any atom is 0.341 e. The van der Waals surface area contributed by atoms with Crippen molar-refractivity contribution in [1.82, 2.24) is 4.57 Å². The molecular weight excluding hydrogens is 562 g/mol. The lowest BCUT2D eigenvalue weighted by molar-refractivity contribution is -0.112. The number of halogens is 1. The first-order chi connectivity index (χ1) is 18.5. The van der Waals surface area contributed by atoms with E-state index in [1.165, 1.54) is 11.3 Å². The lowest BCUT2D eigenvalue weighted by Gasteiger charge is -2.12. The van der Waals surface area contributed by atoms with Gasteiger partial charge in [-0.25, -0.2) is 4.79 Å². The van der Waals surface area contributed by atoms with Crippen molar-refractivity contribution in [1.29, 1.82) is 5.26 Å². The number of carbonyl (C=O) groups excluding carboxylic acids is 2. The van der Waals surface area contributed by atoms with E-state index in [9.17, 15) is 14.9 Å². The minimum atomic E-state index is -0.540. The van der Waals surface area contributed by atoms with Crippen LogP contribution >= 0.6 is 27.3 Å². The Hall–Kier alpha value is -3.67.